The molecule has 4 aliphatic rings. The second-order valence-electron chi connectivity index (χ2n) is 9.36. The van der Waals surface area contributed by atoms with Gasteiger partial charge in [-0.25, -0.2) is 0 Å². The zero-order valence-corrected chi connectivity index (χ0v) is 15.6. The standard InChI is InChI=1S/C23H30O2/c1-14-12-15(2)25-23(14)11-9-21-20-6-4-16-13-17(24)5-7-18(16)19(20)8-10-22(21,23)3/h5,7,13,15,19-21,24H,1,4,6,8-12H2,2-3H3/t15-,19-,20-,21+,22+,23-/m1/s1. The van der Waals surface area contributed by atoms with Crippen LogP contribution in [0.5, 0.6) is 5.75 Å². The molecule has 0 amide bonds. The van der Waals surface area contributed by atoms with Crippen LogP contribution < -0.4 is 0 Å². The monoisotopic (exact) mass is 338 g/mol. The van der Waals surface area contributed by atoms with E-state index < -0.39 is 0 Å². The number of phenolic OH excluding ortho intramolecular Hbond substituents is 1. The molecule has 1 heterocycles. The number of phenols is 1. The molecule has 0 bridgehead atoms. The van der Waals surface area contributed by atoms with Crippen molar-refractivity contribution in [3.63, 3.8) is 0 Å². The molecule has 2 saturated carbocycles. The quantitative estimate of drug-likeness (QED) is 0.646. The molecule has 1 N–H and O–H groups in total. The van der Waals surface area contributed by atoms with Crippen LogP contribution in [0.2, 0.25) is 0 Å². The van der Waals surface area contributed by atoms with Gasteiger partial charge in [-0.05, 0) is 98.5 Å². The third kappa shape index (κ3) is 1.95. The van der Waals surface area contributed by atoms with Gasteiger partial charge in [0.05, 0.1) is 11.7 Å². The average molecular weight is 338 g/mol. The Balaban J connectivity index is 1.52. The Kier molecular flexibility index (Phi) is 3.27. The smallest absolute Gasteiger partial charge is 0.115 e. The fraction of sp³-hybridized carbons (Fsp3) is 0.652. The first-order valence-electron chi connectivity index (χ1n) is 10.1. The molecule has 0 aromatic heterocycles. The summed E-state index contributed by atoms with van der Waals surface area (Å²) in [6.07, 6.45) is 8.70. The molecule has 1 aliphatic heterocycles. The minimum Gasteiger partial charge on any atom is -0.508 e. The lowest BCUT2D eigenvalue weighted by atomic mass is 9.52. The van der Waals surface area contributed by atoms with Crippen molar-refractivity contribution in [1.82, 2.24) is 0 Å². The van der Waals surface area contributed by atoms with E-state index in [1.54, 1.807) is 0 Å². The van der Waals surface area contributed by atoms with Gasteiger partial charge in [0, 0.05) is 5.41 Å². The van der Waals surface area contributed by atoms with E-state index in [2.05, 4.69) is 26.5 Å². The van der Waals surface area contributed by atoms with Crippen LogP contribution in [0.15, 0.2) is 30.4 Å². The van der Waals surface area contributed by atoms with E-state index in [4.69, 9.17) is 4.74 Å². The van der Waals surface area contributed by atoms with E-state index in [1.807, 2.05) is 12.1 Å². The van der Waals surface area contributed by atoms with Crippen molar-refractivity contribution in [2.45, 2.75) is 76.4 Å². The predicted molar refractivity (Wildman–Crippen MR) is 99.8 cm³/mol. The van der Waals surface area contributed by atoms with Crippen LogP contribution in [0.25, 0.3) is 0 Å². The van der Waals surface area contributed by atoms with E-state index in [-0.39, 0.29) is 11.0 Å². The topological polar surface area (TPSA) is 29.5 Å². The van der Waals surface area contributed by atoms with Gasteiger partial charge in [-0.15, -0.1) is 0 Å². The highest BCUT2D eigenvalue weighted by Gasteiger charge is 2.65. The highest BCUT2D eigenvalue weighted by atomic mass is 16.5. The summed E-state index contributed by atoms with van der Waals surface area (Å²) < 4.78 is 6.63. The minimum atomic E-state index is -0.0582. The molecule has 1 aromatic rings. The first-order chi connectivity index (χ1) is 11.9. The van der Waals surface area contributed by atoms with E-state index in [0.29, 0.717) is 17.8 Å². The summed E-state index contributed by atoms with van der Waals surface area (Å²) >= 11 is 0. The maximum absolute atomic E-state index is 9.84. The predicted octanol–water partition coefficient (Wildman–Crippen LogP) is 5.35. The molecular weight excluding hydrogens is 308 g/mol. The van der Waals surface area contributed by atoms with Crippen LogP contribution in [0.1, 0.15) is 69.4 Å². The molecule has 1 spiro atoms. The van der Waals surface area contributed by atoms with Gasteiger partial charge in [0.15, 0.2) is 0 Å². The van der Waals surface area contributed by atoms with Gasteiger partial charge in [0.25, 0.3) is 0 Å². The summed E-state index contributed by atoms with van der Waals surface area (Å²) in [6, 6.07) is 6.08. The average Bonchev–Trinajstić information content (AvgIpc) is 3.04. The minimum absolute atomic E-state index is 0.0582. The Bertz CT molecular complexity index is 738. The molecule has 2 nitrogen and oxygen atoms in total. The lowest BCUT2D eigenvalue weighted by molar-refractivity contribution is -0.117. The van der Waals surface area contributed by atoms with Crippen molar-refractivity contribution in [3.8, 4) is 5.75 Å². The van der Waals surface area contributed by atoms with Crippen molar-refractivity contribution < 1.29 is 9.84 Å². The molecule has 0 unspecified atom stereocenters. The Morgan fingerprint density at radius 2 is 2.04 bits per heavy atom. The SMILES string of the molecule is C=C1C[C@@H](C)O[C@]12CC[C@H]1[C@@H]3CCc4cc(O)ccc4[C@H]3CC[C@@]12C. The Morgan fingerprint density at radius 3 is 2.80 bits per heavy atom. The van der Waals surface area contributed by atoms with Gasteiger partial charge in [0.2, 0.25) is 0 Å². The summed E-state index contributed by atoms with van der Waals surface area (Å²) in [5, 5.41) is 9.84. The third-order valence-electron chi connectivity index (χ3n) is 8.34. The van der Waals surface area contributed by atoms with Gasteiger partial charge >= 0.3 is 0 Å². The van der Waals surface area contributed by atoms with Crippen molar-refractivity contribution in [3.05, 3.63) is 41.5 Å². The Morgan fingerprint density at radius 1 is 1.20 bits per heavy atom. The van der Waals surface area contributed by atoms with Crippen LogP contribution in [0, 0.1) is 17.3 Å². The summed E-state index contributed by atoms with van der Waals surface area (Å²) in [5.41, 5.74) is 4.45. The molecule has 25 heavy (non-hydrogen) atoms. The fourth-order valence-corrected chi connectivity index (χ4v) is 7.32. The van der Waals surface area contributed by atoms with Gasteiger partial charge in [-0.1, -0.05) is 19.6 Å². The molecule has 3 fully saturated rings. The molecule has 0 radical (unpaired) electrons. The first-order valence-corrected chi connectivity index (χ1v) is 10.1. The lowest BCUT2D eigenvalue weighted by Gasteiger charge is -2.54. The number of fused-ring (bicyclic) bond motifs is 6. The molecule has 1 saturated heterocycles. The van der Waals surface area contributed by atoms with Crippen molar-refractivity contribution in [2.75, 3.05) is 0 Å². The Hall–Kier alpha value is -1.28. The fourth-order valence-electron chi connectivity index (χ4n) is 7.32. The zero-order valence-electron chi connectivity index (χ0n) is 15.6. The summed E-state index contributed by atoms with van der Waals surface area (Å²) in [4.78, 5) is 0. The van der Waals surface area contributed by atoms with E-state index in [0.717, 1.165) is 24.7 Å². The highest BCUT2D eigenvalue weighted by molar-refractivity contribution is 5.41. The van der Waals surface area contributed by atoms with Crippen LogP contribution in [0.4, 0.5) is 0 Å². The number of aromatic hydroxyl groups is 1. The normalized spacial score (nSPS) is 45.3. The second kappa shape index (κ2) is 5.13. The van der Waals surface area contributed by atoms with Crippen LogP contribution in [-0.2, 0) is 11.2 Å². The third-order valence-corrected chi connectivity index (χ3v) is 8.34. The number of ether oxygens (including phenoxy) is 1. The van der Waals surface area contributed by atoms with Crippen LogP contribution >= 0.6 is 0 Å². The molecule has 6 atom stereocenters. The van der Waals surface area contributed by atoms with Gasteiger partial charge in [-0.3, -0.25) is 0 Å². The molecule has 134 valence electrons. The summed E-state index contributed by atoms with van der Waals surface area (Å²) in [5.74, 6) is 2.60. The van der Waals surface area contributed by atoms with Gasteiger partial charge in [-0.2, -0.15) is 0 Å². The second-order valence-corrected chi connectivity index (χ2v) is 9.36. The van der Waals surface area contributed by atoms with Gasteiger partial charge < -0.3 is 9.84 Å². The van der Waals surface area contributed by atoms with Crippen LogP contribution in [-0.4, -0.2) is 16.8 Å². The zero-order chi connectivity index (χ0) is 17.4. The maximum Gasteiger partial charge on any atom is 0.115 e. The molecule has 1 aromatic carbocycles. The number of hydrogen-bond acceptors (Lipinski definition) is 2. The molecule has 2 heteroatoms. The van der Waals surface area contributed by atoms with E-state index in [9.17, 15) is 5.11 Å². The van der Waals surface area contributed by atoms with E-state index in [1.165, 1.54) is 48.8 Å². The first kappa shape index (κ1) is 15.9. The largest absolute Gasteiger partial charge is 0.508 e. The number of benzene rings is 1. The van der Waals surface area contributed by atoms with E-state index >= 15 is 0 Å². The molecule has 5 rings (SSSR count). The highest BCUT2D eigenvalue weighted by Crippen LogP contribution is 2.68. The molecule has 3 aliphatic carbocycles. The molecular formula is C23H30O2. The van der Waals surface area contributed by atoms with Crippen molar-refractivity contribution >= 4 is 0 Å². The number of rotatable bonds is 0. The van der Waals surface area contributed by atoms with Crippen molar-refractivity contribution in [2.24, 2.45) is 17.3 Å². The Labute approximate surface area is 151 Å². The summed E-state index contributed by atoms with van der Waals surface area (Å²) in [6.45, 7) is 9.20. The van der Waals surface area contributed by atoms with Gasteiger partial charge in [0.1, 0.15) is 5.75 Å². The number of aryl methyl sites for hydroxylation is 1. The summed E-state index contributed by atoms with van der Waals surface area (Å²) in [7, 11) is 0. The van der Waals surface area contributed by atoms with Crippen molar-refractivity contribution in [1.29, 1.82) is 0 Å². The number of hydrogen-bond donors (Lipinski definition) is 1. The maximum atomic E-state index is 9.84. The van der Waals surface area contributed by atoms with Crippen LogP contribution in [0.3, 0.4) is 0 Å². The lowest BCUT2D eigenvalue weighted by Crippen LogP contribution is -2.51.